The maximum atomic E-state index is 12.2. The lowest BCUT2D eigenvalue weighted by molar-refractivity contribution is 0.0265. The zero-order valence-electron chi connectivity index (χ0n) is 12.8. The lowest BCUT2D eigenvalue weighted by Crippen LogP contribution is -2.46. The number of ether oxygens (including phenoxy) is 1. The molecule has 0 radical (unpaired) electrons. The second kappa shape index (κ2) is 5.81. The Labute approximate surface area is 133 Å². The average molecular weight is 357 g/mol. The molecule has 0 saturated heterocycles. The van der Waals surface area contributed by atoms with E-state index in [4.69, 9.17) is 10.5 Å². The predicted molar refractivity (Wildman–Crippen MR) is 84.7 cm³/mol. The van der Waals surface area contributed by atoms with Gasteiger partial charge in [-0.1, -0.05) is 6.08 Å². The number of rotatable bonds is 1. The number of nitrogens with zero attached hydrogens (tertiary/aromatic N) is 3. The van der Waals surface area contributed by atoms with E-state index < -0.39 is 5.60 Å². The highest BCUT2D eigenvalue weighted by Crippen LogP contribution is 2.27. The highest BCUT2D eigenvalue weighted by atomic mass is 79.9. The van der Waals surface area contributed by atoms with Crippen LogP contribution in [0.15, 0.2) is 16.7 Å². The molecule has 2 rings (SSSR count). The van der Waals surface area contributed by atoms with Crippen LogP contribution in [0.4, 0.5) is 4.79 Å². The van der Waals surface area contributed by atoms with Crippen molar-refractivity contribution in [2.24, 2.45) is 12.8 Å². The van der Waals surface area contributed by atoms with Crippen LogP contribution >= 0.6 is 15.9 Å². The van der Waals surface area contributed by atoms with Crippen LogP contribution in [0.1, 0.15) is 26.5 Å². The number of carbonyl (C=O) groups is 1. The molecule has 1 aromatic heterocycles. The fourth-order valence-electron chi connectivity index (χ4n) is 2.28. The highest BCUT2D eigenvalue weighted by Gasteiger charge is 2.28. The molecule has 0 spiro atoms. The lowest BCUT2D eigenvalue weighted by Gasteiger charge is -2.32. The van der Waals surface area contributed by atoms with E-state index in [-0.39, 0.29) is 12.1 Å². The zero-order valence-corrected chi connectivity index (χ0v) is 14.3. The quantitative estimate of drug-likeness (QED) is 0.836. The fraction of sp³-hybridized carbons (Fsp3) is 0.571. The minimum Gasteiger partial charge on any atom is -0.444 e. The first kappa shape index (κ1) is 16.0. The van der Waals surface area contributed by atoms with Crippen LogP contribution in [-0.4, -0.2) is 45.5 Å². The number of hydrogen-bond acceptors (Lipinski definition) is 4. The molecular formula is C14H21BrN4O2. The van der Waals surface area contributed by atoms with Crippen LogP contribution < -0.4 is 5.73 Å². The first-order valence-corrected chi connectivity index (χ1v) is 7.59. The van der Waals surface area contributed by atoms with Crippen molar-refractivity contribution < 1.29 is 9.53 Å². The van der Waals surface area contributed by atoms with Gasteiger partial charge in [0.2, 0.25) is 0 Å². The van der Waals surface area contributed by atoms with Crippen molar-refractivity contribution >= 4 is 27.6 Å². The molecule has 0 aliphatic carbocycles. The van der Waals surface area contributed by atoms with Gasteiger partial charge in [-0.05, 0) is 42.3 Å². The second-order valence-electron chi connectivity index (χ2n) is 6.18. The predicted octanol–water partition coefficient (Wildman–Crippen LogP) is 2.14. The van der Waals surface area contributed by atoms with Crippen molar-refractivity contribution in [3.8, 4) is 0 Å². The summed E-state index contributed by atoms with van der Waals surface area (Å²) in [6.45, 7) is 6.46. The number of carbonyl (C=O) groups excluding carboxylic acids is 1. The van der Waals surface area contributed by atoms with E-state index in [2.05, 4.69) is 21.0 Å². The molecule has 2 heterocycles. The number of aromatic nitrogens is 2. The first-order valence-electron chi connectivity index (χ1n) is 6.79. The van der Waals surface area contributed by atoms with E-state index in [0.29, 0.717) is 13.1 Å². The number of halogens is 1. The van der Waals surface area contributed by atoms with Crippen LogP contribution in [-0.2, 0) is 11.8 Å². The minimum absolute atomic E-state index is 0.219. The van der Waals surface area contributed by atoms with E-state index in [9.17, 15) is 4.79 Å². The lowest BCUT2D eigenvalue weighted by atomic mass is 10.0. The van der Waals surface area contributed by atoms with E-state index in [1.807, 2.05) is 33.9 Å². The summed E-state index contributed by atoms with van der Waals surface area (Å²) in [7, 11) is 1.86. The molecular weight excluding hydrogens is 336 g/mol. The number of hydrogen-bond donors (Lipinski definition) is 1. The number of nitrogens with two attached hydrogens (primary N) is 1. The molecule has 6 nitrogen and oxygen atoms in total. The Morgan fingerprint density at radius 3 is 2.71 bits per heavy atom. The third-order valence-corrected chi connectivity index (χ3v) is 3.64. The molecule has 0 aromatic carbocycles. The Morgan fingerprint density at radius 2 is 2.19 bits per heavy atom. The van der Waals surface area contributed by atoms with E-state index in [0.717, 1.165) is 15.7 Å². The maximum Gasteiger partial charge on any atom is 0.410 e. The summed E-state index contributed by atoms with van der Waals surface area (Å²) in [6.07, 6.45) is 3.36. The van der Waals surface area contributed by atoms with Crippen molar-refractivity contribution in [2.75, 3.05) is 13.1 Å². The van der Waals surface area contributed by atoms with Gasteiger partial charge in [-0.25, -0.2) is 4.79 Å². The maximum absolute atomic E-state index is 12.2. The topological polar surface area (TPSA) is 73.4 Å². The summed E-state index contributed by atoms with van der Waals surface area (Å²) < 4.78 is 8.07. The fourth-order valence-corrected chi connectivity index (χ4v) is 2.88. The van der Waals surface area contributed by atoms with Gasteiger partial charge in [0.15, 0.2) is 0 Å². The molecule has 1 atom stereocenters. The molecule has 116 valence electrons. The van der Waals surface area contributed by atoms with Crippen LogP contribution in [0.3, 0.4) is 0 Å². The van der Waals surface area contributed by atoms with Crippen LogP contribution in [0.25, 0.3) is 5.57 Å². The Hall–Kier alpha value is -1.34. The van der Waals surface area contributed by atoms with Crippen molar-refractivity contribution in [2.45, 2.75) is 32.4 Å². The summed E-state index contributed by atoms with van der Waals surface area (Å²) in [4.78, 5) is 13.9. The van der Waals surface area contributed by atoms with Crippen molar-refractivity contribution in [1.29, 1.82) is 0 Å². The normalized spacial score (nSPS) is 19.4. The standard InChI is InChI=1S/C14H21BrN4O2/c1-14(2,3)21-13(20)19-7-9(5-10(16)8-19)12-11(15)6-17-18(12)4/h5-6,10H,7-8,16H2,1-4H3. The average Bonchev–Trinajstić information content (AvgIpc) is 2.66. The van der Waals surface area contributed by atoms with Crippen LogP contribution in [0.2, 0.25) is 0 Å². The Balaban J connectivity index is 2.21. The molecule has 0 fully saturated rings. The smallest absolute Gasteiger partial charge is 0.410 e. The third-order valence-electron chi connectivity index (χ3n) is 3.06. The SMILES string of the molecule is Cn1ncc(Br)c1C1=CC(N)CN(C(=O)OC(C)(C)C)C1. The molecule has 0 saturated carbocycles. The van der Waals surface area contributed by atoms with Gasteiger partial charge in [-0.15, -0.1) is 0 Å². The zero-order chi connectivity index (χ0) is 15.8. The van der Waals surface area contributed by atoms with Gasteiger partial charge in [0.05, 0.1) is 22.9 Å². The van der Waals surface area contributed by atoms with Gasteiger partial charge in [0, 0.05) is 19.6 Å². The summed E-state index contributed by atoms with van der Waals surface area (Å²) in [5.74, 6) is 0. The summed E-state index contributed by atoms with van der Waals surface area (Å²) >= 11 is 3.48. The van der Waals surface area contributed by atoms with E-state index >= 15 is 0 Å². The molecule has 1 aliphatic heterocycles. The van der Waals surface area contributed by atoms with Gasteiger partial charge in [0.1, 0.15) is 5.60 Å². The Morgan fingerprint density at radius 1 is 1.52 bits per heavy atom. The number of amides is 1. The Bertz CT molecular complexity index is 555. The van der Waals surface area contributed by atoms with Crippen molar-refractivity contribution in [3.63, 3.8) is 0 Å². The van der Waals surface area contributed by atoms with Crippen molar-refractivity contribution in [3.05, 3.63) is 22.4 Å². The van der Waals surface area contributed by atoms with Gasteiger partial charge in [-0.3, -0.25) is 4.68 Å². The highest BCUT2D eigenvalue weighted by molar-refractivity contribution is 9.10. The minimum atomic E-state index is -0.518. The van der Waals surface area contributed by atoms with E-state index in [1.54, 1.807) is 15.8 Å². The van der Waals surface area contributed by atoms with Crippen molar-refractivity contribution in [1.82, 2.24) is 14.7 Å². The molecule has 1 aromatic rings. The first-order chi connectivity index (χ1) is 9.67. The molecule has 1 unspecified atom stereocenters. The van der Waals surface area contributed by atoms with Gasteiger partial charge >= 0.3 is 6.09 Å². The van der Waals surface area contributed by atoms with E-state index in [1.165, 1.54) is 0 Å². The third kappa shape index (κ3) is 3.85. The molecule has 7 heteroatoms. The molecule has 1 amide bonds. The molecule has 2 N–H and O–H groups in total. The number of aryl methyl sites for hydroxylation is 1. The van der Waals surface area contributed by atoms with Gasteiger partial charge in [-0.2, -0.15) is 5.10 Å². The largest absolute Gasteiger partial charge is 0.444 e. The summed E-state index contributed by atoms with van der Waals surface area (Å²) in [6, 6.07) is -0.219. The second-order valence-corrected chi connectivity index (χ2v) is 7.04. The van der Waals surface area contributed by atoms with Crippen LogP contribution in [0.5, 0.6) is 0 Å². The molecule has 0 bridgehead atoms. The molecule has 1 aliphatic rings. The Kier molecular flexibility index (Phi) is 4.43. The van der Waals surface area contributed by atoms with Gasteiger partial charge < -0.3 is 15.4 Å². The van der Waals surface area contributed by atoms with Gasteiger partial charge in [0.25, 0.3) is 0 Å². The summed E-state index contributed by atoms with van der Waals surface area (Å²) in [5, 5.41) is 4.20. The molecule has 21 heavy (non-hydrogen) atoms. The summed E-state index contributed by atoms with van der Waals surface area (Å²) in [5.41, 5.74) is 7.43. The monoisotopic (exact) mass is 356 g/mol. The van der Waals surface area contributed by atoms with Crippen LogP contribution in [0, 0.1) is 0 Å².